The van der Waals surface area contributed by atoms with E-state index in [0.29, 0.717) is 18.2 Å². The van der Waals surface area contributed by atoms with Gasteiger partial charge in [-0.3, -0.25) is 4.79 Å². The van der Waals surface area contributed by atoms with Crippen molar-refractivity contribution in [2.45, 2.75) is 32.1 Å². The van der Waals surface area contributed by atoms with Crippen LogP contribution in [0, 0.1) is 0 Å². The molecule has 1 fully saturated rings. The predicted octanol–water partition coefficient (Wildman–Crippen LogP) is 2.80. The number of hydrogen-bond donors (Lipinski definition) is 0. The lowest BCUT2D eigenvalue weighted by Gasteiger charge is -2.16. The van der Waals surface area contributed by atoms with Crippen molar-refractivity contribution in [2.24, 2.45) is 0 Å². The van der Waals surface area contributed by atoms with Crippen LogP contribution in [-0.4, -0.2) is 23.9 Å². The van der Waals surface area contributed by atoms with Gasteiger partial charge < -0.3 is 4.90 Å². The Balaban J connectivity index is 1.96. The Kier molecular flexibility index (Phi) is 3.60. The van der Waals surface area contributed by atoms with Gasteiger partial charge in [-0.2, -0.15) is 0 Å². The van der Waals surface area contributed by atoms with Gasteiger partial charge in [0.2, 0.25) is 5.91 Å². The number of carbonyl (C=O) groups is 1. The molecule has 2 nitrogen and oxygen atoms in total. The van der Waals surface area contributed by atoms with Crippen LogP contribution in [0.25, 0.3) is 0 Å². The first-order chi connectivity index (χ1) is 7.81. The van der Waals surface area contributed by atoms with Gasteiger partial charge in [-0.15, -0.1) is 0 Å². The van der Waals surface area contributed by atoms with Crippen molar-refractivity contribution >= 4 is 5.91 Å². The van der Waals surface area contributed by atoms with Gasteiger partial charge in [0.05, 0.1) is 0 Å². The van der Waals surface area contributed by atoms with Gasteiger partial charge >= 0.3 is 0 Å². The number of carbonyl (C=O) groups excluding carboxylic acids is 1. The van der Waals surface area contributed by atoms with Crippen molar-refractivity contribution in [3.8, 4) is 0 Å². The molecule has 1 aromatic rings. The lowest BCUT2D eigenvalue weighted by Crippen LogP contribution is -2.27. The van der Waals surface area contributed by atoms with Gasteiger partial charge in [0, 0.05) is 25.4 Å². The zero-order valence-corrected chi connectivity index (χ0v) is 9.86. The molecular formula is C14H19NO. The second kappa shape index (κ2) is 5.15. The predicted molar refractivity (Wildman–Crippen MR) is 65.3 cm³/mol. The number of amides is 1. The lowest BCUT2D eigenvalue weighted by molar-refractivity contribution is -0.130. The molecule has 0 spiro atoms. The third kappa shape index (κ3) is 2.43. The normalized spacial score (nSPS) is 20.1. The zero-order chi connectivity index (χ0) is 11.4. The quantitative estimate of drug-likeness (QED) is 0.762. The van der Waals surface area contributed by atoms with Crippen LogP contribution in [0.15, 0.2) is 30.3 Å². The van der Waals surface area contributed by atoms with Gasteiger partial charge in [-0.05, 0) is 18.4 Å². The summed E-state index contributed by atoms with van der Waals surface area (Å²) in [4.78, 5) is 13.8. The molecule has 1 unspecified atom stereocenters. The highest BCUT2D eigenvalue weighted by Crippen LogP contribution is 2.27. The molecule has 86 valence electrons. The van der Waals surface area contributed by atoms with Crippen LogP contribution in [0.3, 0.4) is 0 Å². The molecule has 0 saturated carbocycles. The summed E-state index contributed by atoms with van der Waals surface area (Å²) >= 11 is 0. The van der Waals surface area contributed by atoms with E-state index in [4.69, 9.17) is 0 Å². The molecule has 0 N–H and O–H groups in total. The maximum absolute atomic E-state index is 11.7. The fourth-order valence-corrected chi connectivity index (χ4v) is 2.36. The number of likely N-dealkylation sites (tertiary alicyclic amines) is 1. The Morgan fingerprint density at radius 1 is 1.38 bits per heavy atom. The SMILES string of the molecule is CCCC(=O)N1CCC(c2ccccc2)C1. The molecule has 1 saturated heterocycles. The van der Waals surface area contributed by atoms with E-state index in [1.165, 1.54) is 5.56 Å². The summed E-state index contributed by atoms with van der Waals surface area (Å²) in [5.74, 6) is 0.864. The summed E-state index contributed by atoms with van der Waals surface area (Å²) in [6.07, 6.45) is 2.76. The Morgan fingerprint density at radius 3 is 2.81 bits per heavy atom. The van der Waals surface area contributed by atoms with Crippen LogP contribution in [-0.2, 0) is 4.79 Å². The fraction of sp³-hybridized carbons (Fsp3) is 0.500. The molecular weight excluding hydrogens is 198 g/mol. The highest BCUT2D eigenvalue weighted by molar-refractivity contribution is 5.76. The van der Waals surface area contributed by atoms with Crippen LogP contribution in [0.2, 0.25) is 0 Å². The van der Waals surface area contributed by atoms with Gasteiger partial charge in [-0.1, -0.05) is 37.3 Å². The molecule has 1 heterocycles. The van der Waals surface area contributed by atoms with Crippen molar-refractivity contribution in [1.82, 2.24) is 4.90 Å². The number of rotatable bonds is 3. The summed E-state index contributed by atoms with van der Waals surface area (Å²) in [5.41, 5.74) is 1.37. The molecule has 1 atom stereocenters. The summed E-state index contributed by atoms with van der Waals surface area (Å²) in [5, 5.41) is 0. The summed E-state index contributed by atoms with van der Waals surface area (Å²) < 4.78 is 0. The summed E-state index contributed by atoms with van der Waals surface area (Å²) in [6.45, 7) is 3.89. The van der Waals surface area contributed by atoms with E-state index in [9.17, 15) is 4.79 Å². The molecule has 2 heteroatoms. The molecule has 2 rings (SSSR count). The Hall–Kier alpha value is -1.31. The standard InChI is InChI=1S/C14H19NO/c1-2-6-14(16)15-10-9-13(11-15)12-7-4-3-5-8-12/h3-5,7-8,13H,2,6,9-11H2,1H3. The van der Waals surface area contributed by atoms with E-state index in [1.54, 1.807) is 0 Å². The third-order valence-corrected chi connectivity index (χ3v) is 3.28. The molecule has 16 heavy (non-hydrogen) atoms. The first-order valence-corrected chi connectivity index (χ1v) is 6.14. The van der Waals surface area contributed by atoms with E-state index in [1.807, 2.05) is 11.0 Å². The van der Waals surface area contributed by atoms with Crippen LogP contribution < -0.4 is 0 Å². The molecule has 0 radical (unpaired) electrons. The molecule has 0 aliphatic carbocycles. The minimum absolute atomic E-state index is 0.320. The average molecular weight is 217 g/mol. The number of nitrogens with zero attached hydrogens (tertiary/aromatic N) is 1. The van der Waals surface area contributed by atoms with E-state index in [2.05, 4.69) is 31.2 Å². The third-order valence-electron chi connectivity index (χ3n) is 3.28. The van der Waals surface area contributed by atoms with E-state index in [0.717, 1.165) is 25.9 Å². The topological polar surface area (TPSA) is 20.3 Å². The van der Waals surface area contributed by atoms with Crippen LogP contribution in [0.4, 0.5) is 0 Å². The van der Waals surface area contributed by atoms with E-state index < -0.39 is 0 Å². The minimum Gasteiger partial charge on any atom is -0.342 e. The molecule has 1 aliphatic rings. The number of benzene rings is 1. The molecule has 0 bridgehead atoms. The van der Waals surface area contributed by atoms with Crippen molar-refractivity contribution in [3.63, 3.8) is 0 Å². The second-order valence-corrected chi connectivity index (χ2v) is 4.49. The van der Waals surface area contributed by atoms with Crippen molar-refractivity contribution in [1.29, 1.82) is 0 Å². The Bertz CT molecular complexity index is 347. The molecule has 1 aliphatic heterocycles. The van der Waals surface area contributed by atoms with Crippen molar-refractivity contribution < 1.29 is 4.79 Å². The summed E-state index contributed by atoms with van der Waals surface area (Å²) in [6, 6.07) is 10.5. The van der Waals surface area contributed by atoms with Crippen molar-refractivity contribution in [3.05, 3.63) is 35.9 Å². The fourth-order valence-electron chi connectivity index (χ4n) is 2.36. The first-order valence-electron chi connectivity index (χ1n) is 6.14. The second-order valence-electron chi connectivity index (χ2n) is 4.49. The Labute approximate surface area is 97.3 Å². The highest BCUT2D eigenvalue weighted by atomic mass is 16.2. The largest absolute Gasteiger partial charge is 0.342 e. The molecule has 0 aromatic heterocycles. The minimum atomic E-state index is 0.320. The van der Waals surface area contributed by atoms with Gasteiger partial charge in [-0.25, -0.2) is 0 Å². The van der Waals surface area contributed by atoms with Crippen LogP contribution in [0.5, 0.6) is 0 Å². The Morgan fingerprint density at radius 2 is 2.12 bits per heavy atom. The lowest BCUT2D eigenvalue weighted by atomic mass is 9.99. The van der Waals surface area contributed by atoms with Crippen LogP contribution >= 0.6 is 0 Å². The maximum Gasteiger partial charge on any atom is 0.222 e. The monoisotopic (exact) mass is 217 g/mol. The highest BCUT2D eigenvalue weighted by Gasteiger charge is 2.26. The molecule has 1 aromatic carbocycles. The van der Waals surface area contributed by atoms with Gasteiger partial charge in [0.15, 0.2) is 0 Å². The average Bonchev–Trinajstić information content (AvgIpc) is 2.80. The summed E-state index contributed by atoms with van der Waals surface area (Å²) in [7, 11) is 0. The van der Waals surface area contributed by atoms with Crippen molar-refractivity contribution in [2.75, 3.05) is 13.1 Å². The number of hydrogen-bond acceptors (Lipinski definition) is 1. The van der Waals surface area contributed by atoms with Crippen LogP contribution in [0.1, 0.15) is 37.7 Å². The molecule has 1 amide bonds. The van der Waals surface area contributed by atoms with E-state index in [-0.39, 0.29) is 0 Å². The maximum atomic E-state index is 11.7. The first kappa shape index (κ1) is 11.2. The zero-order valence-electron chi connectivity index (χ0n) is 9.86. The van der Waals surface area contributed by atoms with Gasteiger partial charge in [0.25, 0.3) is 0 Å². The smallest absolute Gasteiger partial charge is 0.222 e. The van der Waals surface area contributed by atoms with Gasteiger partial charge in [0.1, 0.15) is 0 Å². The van der Waals surface area contributed by atoms with E-state index >= 15 is 0 Å².